The summed E-state index contributed by atoms with van der Waals surface area (Å²) in [5.74, 6) is 0. The van der Waals surface area contributed by atoms with E-state index in [0.717, 1.165) is 39.5 Å². The van der Waals surface area contributed by atoms with Gasteiger partial charge in [0, 0.05) is 0 Å². The van der Waals surface area contributed by atoms with Crippen LogP contribution in [-0.4, -0.2) is 82.9 Å². The Balaban J connectivity index is 2.58. The number of rotatable bonds is 2. The van der Waals surface area contributed by atoms with Crippen molar-refractivity contribution in [1.82, 2.24) is 0 Å². The van der Waals surface area contributed by atoms with Gasteiger partial charge in [0.05, 0.1) is 0 Å². The molecule has 11 heavy (non-hydrogen) atoms. The molecule has 66 valence electrons. The molecule has 0 bridgehead atoms. The van der Waals surface area contributed by atoms with Crippen LogP contribution in [-0.2, 0) is 0 Å². The van der Waals surface area contributed by atoms with E-state index in [1.807, 2.05) is 0 Å². The molecule has 0 aromatic rings. The molecule has 1 fully saturated rings. The minimum absolute atomic E-state index is 0.393. The van der Waals surface area contributed by atoms with Crippen LogP contribution in [0.4, 0.5) is 0 Å². The summed E-state index contributed by atoms with van der Waals surface area (Å²) in [4.78, 5) is 0. The van der Waals surface area contributed by atoms with Crippen molar-refractivity contribution in [2.24, 2.45) is 0 Å². The van der Waals surface area contributed by atoms with Gasteiger partial charge in [-0.05, 0) is 0 Å². The molecule has 2 unspecified atom stereocenters. The maximum absolute atomic E-state index is 3.58. The van der Waals surface area contributed by atoms with E-state index in [1.165, 1.54) is 12.3 Å². The Morgan fingerprint density at radius 2 is 1.36 bits per heavy atom. The molecule has 0 radical (unpaired) electrons. The first-order valence-electron chi connectivity index (χ1n) is 3.31. The Kier molecular flexibility index (Phi) is 5.68. The molecule has 0 spiro atoms. The standard InChI is InChI=1S/C4H10P2Se5/c1-3-5(7)9-6(8,4-2)11-10-5/h3-4H2,1-2H3. The van der Waals surface area contributed by atoms with Crippen molar-refractivity contribution in [3.8, 4) is 0 Å². The second-order valence-electron chi connectivity index (χ2n) is 2.08. The van der Waals surface area contributed by atoms with Crippen molar-refractivity contribution >= 4 is 77.3 Å². The van der Waals surface area contributed by atoms with E-state index in [0.29, 0.717) is 0 Å². The van der Waals surface area contributed by atoms with Crippen molar-refractivity contribution in [1.29, 1.82) is 0 Å². The summed E-state index contributed by atoms with van der Waals surface area (Å²) in [5.41, 5.74) is 0. The van der Waals surface area contributed by atoms with Crippen LogP contribution in [0.15, 0.2) is 0 Å². The molecule has 0 aromatic heterocycles. The summed E-state index contributed by atoms with van der Waals surface area (Å²) >= 11 is 10.4. The Bertz CT molecular complexity index is 139. The van der Waals surface area contributed by atoms with Gasteiger partial charge in [0.2, 0.25) is 0 Å². The molecule has 7 heteroatoms. The van der Waals surface area contributed by atoms with Crippen molar-refractivity contribution < 1.29 is 0 Å². The first-order valence-corrected chi connectivity index (χ1v) is 24.9. The maximum atomic E-state index is 3.58. The van der Waals surface area contributed by atoms with Gasteiger partial charge in [-0.3, -0.25) is 0 Å². The van der Waals surface area contributed by atoms with E-state index < -0.39 is 6.66 Å². The summed E-state index contributed by atoms with van der Waals surface area (Å²) in [6, 6.07) is 0. The van der Waals surface area contributed by atoms with Gasteiger partial charge in [0.15, 0.2) is 0 Å². The molecule has 1 heterocycles. The van der Waals surface area contributed by atoms with Gasteiger partial charge in [-0.25, -0.2) is 0 Å². The molecule has 0 saturated carbocycles. The third kappa shape index (κ3) is 3.50. The van der Waals surface area contributed by atoms with Gasteiger partial charge in [0.1, 0.15) is 0 Å². The molecule has 1 saturated heterocycles. The Morgan fingerprint density at radius 3 is 1.55 bits per heavy atom. The molecule has 1 aliphatic rings. The normalized spacial score (nSPS) is 44.7. The van der Waals surface area contributed by atoms with Crippen LogP contribution in [0.25, 0.3) is 0 Å². The molecule has 0 amide bonds. The molecular weight excluding hydrogens is 505 g/mol. The van der Waals surface area contributed by atoms with E-state index in [4.69, 9.17) is 0 Å². The summed E-state index contributed by atoms with van der Waals surface area (Å²) in [5, 5.41) is 0. The fraction of sp³-hybridized carbons (Fsp3) is 1.00. The summed E-state index contributed by atoms with van der Waals surface area (Å²) < 4.78 is -0.786. The monoisotopic (exact) mass is 520 g/mol. The number of hydrogen-bond acceptors (Lipinski definition) is 0. The Labute approximate surface area is 102 Å². The fourth-order valence-electron chi connectivity index (χ4n) is 0.539. The van der Waals surface area contributed by atoms with Crippen LogP contribution in [0.3, 0.4) is 0 Å². The van der Waals surface area contributed by atoms with Crippen LogP contribution in [0.1, 0.15) is 13.8 Å². The second kappa shape index (κ2) is 4.99. The first-order chi connectivity index (χ1) is 5.04. The van der Waals surface area contributed by atoms with Gasteiger partial charge >= 0.3 is 103 Å². The van der Waals surface area contributed by atoms with Crippen molar-refractivity contribution in [3.05, 3.63) is 0 Å². The molecule has 0 N–H and O–H groups in total. The Hall–Kier alpha value is 3.46. The Morgan fingerprint density at radius 1 is 1.00 bits per heavy atom. The average molecular weight is 515 g/mol. The van der Waals surface area contributed by atoms with Gasteiger partial charge < -0.3 is 0 Å². The molecular formula is C4H10P2Se5. The fourth-order valence-corrected chi connectivity index (χ4v) is 222. The topological polar surface area (TPSA) is 0 Å². The van der Waals surface area contributed by atoms with Crippen LogP contribution >= 0.6 is 6.66 Å². The first kappa shape index (κ1) is 12.5. The summed E-state index contributed by atoms with van der Waals surface area (Å²) in [6.45, 7) is 4.80. The quantitative estimate of drug-likeness (QED) is 0.380. The molecule has 0 aliphatic carbocycles. The van der Waals surface area contributed by atoms with E-state index in [1.54, 1.807) is 0 Å². The van der Waals surface area contributed by atoms with Crippen LogP contribution in [0, 0.1) is 0 Å². The van der Waals surface area contributed by atoms with Crippen LogP contribution < -0.4 is 0 Å². The average Bonchev–Trinajstić information content (AvgIpc) is 2.30. The van der Waals surface area contributed by atoms with Crippen LogP contribution in [0.5, 0.6) is 0 Å². The molecule has 2 atom stereocenters. The summed E-state index contributed by atoms with van der Waals surface area (Å²) in [7, 11) is 0. The third-order valence-electron chi connectivity index (χ3n) is 1.28. The molecule has 0 nitrogen and oxygen atoms in total. The van der Waals surface area contributed by atoms with E-state index in [9.17, 15) is 0 Å². The number of hydrogen-bond donors (Lipinski definition) is 0. The van der Waals surface area contributed by atoms with Gasteiger partial charge in [0.25, 0.3) is 0 Å². The SMILES string of the molecule is CC[P+]1([Se-])[Se][Se][P+]([Se-])(CC)[Se]1. The van der Waals surface area contributed by atoms with E-state index in [-0.39, 0.29) is 0 Å². The zero-order valence-corrected chi connectivity index (χ0v) is 16.7. The molecule has 1 rings (SSSR count). The zero-order valence-electron chi connectivity index (χ0n) is 6.35. The second-order valence-corrected chi connectivity index (χ2v) is 66.1. The molecule has 1 aliphatic heterocycles. The van der Waals surface area contributed by atoms with Crippen molar-refractivity contribution in [2.45, 2.75) is 13.8 Å². The minimum atomic E-state index is -0.393. The van der Waals surface area contributed by atoms with Gasteiger partial charge in [-0.1, -0.05) is 0 Å². The van der Waals surface area contributed by atoms with E-state index in [2.05, 4.69) is 45.0 Å². The zero-order chi connectivity index (χ0) is 8.54. The van der Waals surface area contributed by atoms with Crippen molar-refractivity contribution in [2.75, 3.05) is 12.3 Å². The van der Waals surface area contributed by atoms with Crippen LogP contribution in [0.2, 0.25) is 0 Å². The van der Waals surface area contributed by atoms with Crippen molar-refractivity contribution in [3.63, 3.8) is 0 Å². The molecule has 0 aromatic carbocycles. The predicted octanol–water partition coefficient (Wildman–Crippen LogP) is 0.930. The summed E-state index contributed by atoms with van der Waals surface area (Å²) in [6.07, 6.45) is 3.00. The third-order valence-corrected chi connectivity index (χ3v) is 118. The van der Waals surface area contributed by atoms with E-state index >= 15 is 0 Å². The van der Waals surface area contributed by atoms with Gasteiger partial charge in [-0.15, -0.1) is 0 Å². The van der Waals surface area contributed by atoms with Gasteiger partial charge in [-0.2, -0.15) is 0 Å². The predicted molar refractivity (Wildman–Crippen MR) is 63.7 cm³/mol.